The van der Waals surface area contributed by atoms with Crippen LogP contribution in [0, 0.1) is 0 Å². The van der Waals surface area contributed by atoms with Crippen LogP contribution in [-0.2, 0) is 11.3 Å². The lowest BCUT2D eigenvalue weighted by atomic mass is 10.1. The van der Waals surface area contributed by atoms with E-state index in [2.05, 4.69) is 5.32 Å². The SMILES string of the molecule is CNCc1cccc(OCC(=O)N2CCCCC2)c1. The molecule has 1 fully saturated rings. The molecule has 1 aromatic rings. The van der Waals surface area contributed by atoms with Crippen molar-refractivity contribution >= 4 is 5.91 Å². The van der Waals surface area contributed by atoms with Crippen LogP contribution in [-0.4, -0.2) is 37.6 Å². The molecule has 0 spiro atoms. The minimum absolute atomic E-state index is 0.0960. The average Bonchev–Trinajstić information content (AvgIpc) is 2.46. The zero-order valence-corrected chi connectivity index (χ0v) is 11.5. The van der Waals surface area contributed by atoms with Gasteiger partial charge in [0.05, 0.1) is 0 Å². The van der Waals surface area contributed by atoms with Gasteiger partial charge in [-0.15, -0.1) is 0 Å². The topological polar surface area (TPSA) is 41.6 Å². The Morgan fingerprint density at radius 3 is 2.84 bits per heavy atom. The molecule has 1 saturated heterocycles. The highest BCUT2D eigenvalue weighted by Gasteiger charge is 2.16. The van der Waals surface area contributed by atoms with Crippen LogP contribution in [0.1, 0.15) is 24.8 Å². The van der Waals surface area contributed by atoms with Gasteiger partial charge >= 0.3 is 0 Å². The summed E-state index contributed by atoms with van der Waals surface area (Å²) in [5.74, 6) is 0.858. The predicted octanol–water partition coefficient (Wildman–Crippen LogP) is 1.80. The van der Waals surface area contributed by atoms with E-state index < -0.39 is 0 Å². The molecule has 0 saturated carbocycles. The van der Waals surface area contributed by atoms with Gasteiger partial charge in [0, 0.05) is 19.6 Å². The van der Waals surface area contributed by atoms with Gasteiger partial charge in [0.1, 0.15) is 5.75 Å². The third-order valence-electron chi connectivity index (χ3n) is 3.35. The molecule has 1 amide bonds. The molecule has 1 aliphatic heterocycles. The molecule has 1 aliphatic rings. The molecule has 1 N–H and O–H groups in total. The second-order valence-corrected chi connectivity index (χ2v) is 4.91. The molecule has 0 aliphatic carbocycles. The van der Waals surface area contributed by atoms with Gasteiger partial charge in [-0.05, 0) is 44.0 Å². The van der Waals surface area contributed by atoms with Gasteiger partial charge in [0.2, 0.25) is 0 Å². The second-order valence-electron chi connectivity index (χ2n) is 4.91. The molecule has 19 heavy (non-hydrogen) atoms. The minimum atomic E-state index is 0.0960. The zero-order chi connectivity index (χ0) is 13.5. The van der Waals surface area contributed by atoms with Gasteiger partial charge in [0.25, 0.3) is 5.91 Å². The number of hydrogen-bond donors (Lipinski definition) is 1. The number of nitrogens with zero attached hydrogens (tertiary/aromatic N) is 1. The first-order valence-corrected chi connectivity index (χ1v) is 6.94. The Morgan fingerprint density at radius 1 is 1.32 bits per heavy atom. The highest BCUT2D eigenvalue weighted by molar-refractivity contribution is 5.77. The van der Waals surface area contributed by atoms with Crippen LogP contribution in [0.3, 0.4) is 0 Å². The van der Waals surface area contributed by atoms with Crippen LogP contribution in [0.25, 0.3) is 0 Å². The molecule has 2 rings (SSSR count). The predicted molar refractivity (Wildman–Crippen MR) is 75.1 cm³/mol. The lowest BCUT2D eigenvalue weighted by Crippen LogP contribution is -2.38. The normalized spacial score (nSPS) is 15.3. The van der Waals surface area contributed by atoms with E-state index in [1.165, 1.54) is 6.42 Å². The third kappa shape index (κ3) is 4.24. The molecule has 4 nitrogen and oxygen atoms in total. The molecular weight excluding hydrogens is 240 g/mol. The minimum Gasteiger partial charge on any atom is -0.484 e. The number of hydrogen-bond acceptors (Lipinski definition) is 3. The Bertz CT molecular complexity index is 414. The fourth-order valence-electron chi connectivity index (χ4n) is 2.33. The number of piperidine rings is 1. The Labute approximate surface area is 114 Å². The molecule has 104 valence electrons. The summed E-state index contributed by atoms with van der Waals surface area (Å²) in [5.41, 5.74) is 1.16. The maximum atomic E-state index is 12.0. The van der Waals surface area contributed by atoms with Gasteiger partial charge in [0.15, 0.2) is 6.61 Å². The van der Waals surface area contributed by atoms with Gasteiger partial charge in [-0.2, -0.15) is 0 Å². The largest absolute Gasteiger partial charge is 0.484 e. The van der Waals surface area contributed by atoms with Gasteiger partial charge in [-0.1, -0.05) is 12.1 Å². The number of amides is 1. The fourth-order valence-corrected chi connectivity index (χ4v) is 2.33. The number of rotatable bonds is 5. The van der Waals surface area contributed by atoms with Crippen molar-refractivity contribution in [3.05, 3.63) is 29.8 Å². The number of carbonyl (C=O) groups is 1. The first-order chi connectivity index (χ1) is 9.29. The summed E-state index contributed by atoms with van der Waals surface area (Å²) in [6.07, 6.45) is 3.46. The number of carbonyl (C=O) groups excluding carboxylic acids is 1. The Hall–Kier alpha value is -1.55. The lowest BCUT2D eigenvalue weighted by Gasteiger charge is -2.26. The molecule has 0 atom stereocenters. The maximum absolute atomic E-state index is 12.0. The van der Waals surface area contributed by atoms with Crippen LogP contribution in [0.15, 0.2) is 24.3 Å². The molecule has 0 radical (unpaired) electrons. The first kappa shape index (κ1) is 13.9. The third-order valence-corrected chi connectivity index (χ3v) is 3.35. The Morgan fingerprint density at radius 2 is 2.11 bits per heavy atom. The number of ether oxygens (including phenoxy) is 1. The molecule has 1 aromatic carbocycles. The van der Waals surface area contributed by atoms with Crippen molar-refractivity contribution in [3.63, 3.8) is 0 Å². The van der Waals surface area contributed by atoms with Crippen molar-refractivity contribution in [1.29, 1.82) is 0 Å². The summed E-state index contributed by atoms with van der Waals surface area (Å²) in [6, 6.07) is 7.85. The molecule has 1 heterocycles. The lowest BCUT2D eigenvalue weighted by molar-refractivity contribution is -0.134. The summed E-state index contributed by atoms with van der Waals surface area (Å²) >= 11 is 0. The molecule has 0 aromatic heterocycles. The number of nitrogens with one attached hydrogen (secondary N) is 1. The molecule has 0 bridgehead atoms. The average molecular weight is 262 g/mol. The van der Waals surface area contributed by atoms with Crippen LogP contribution in [0.5, 0.6) is 5.75 Å². The van der Waals surface area contributed by atoms with E-state index >= 15 is 0 Å². The summed E-state index contributed by atoms with van der Waals surface area (Å²) in [5, 5.41) is 3.10. The summed E-state index contributed by atoms with van der Waals surface area (Å²) in [4.78, 5) is 13.9. The molecule has 0 unspecified atom stereocenters. The van der Waals surface area contributed by atoms with Crippen LogP contribution in [0.2, 0.25) is 0 Å². The summed E-state index contributed by atoms with van der Waals surface area (Å²) in [7, 11) is 1.91. The van der Waals surface area contributed by atoms with E-state index in [-0.39, 0.29) is 12.5 Å². The van der Waals surface area contributed by atoms with Crippen molar-refractivity contribution in [2.24, 2.45) is 0 Å². The van der Waals surface area contributed by atoms with Crippen molar-refractivity contribution in [1.82, 2.24) is 10.2 Å². The monoisotopic (exact) mass is 262 g/mol. The van der Waals surface area contributed by atoms with Gasteiger partial charge < -0.3 is 15.0 Å². The van der Waals surface area contributed by atoms with Crippen molar-refractivity contribution in [2.45, 2.75) is 25.8 Å². The van der Waals surface area contributed by atoms with Crippen LogP contribution >= 0.6 is 0 Å². The van der Waals surface area contributed by atoms with Crippen LogP contribution < -0.4 is 10.1 Å². The van der Waals surface area contributed by atoms with E-state index in [1.807, 2.05) is 36.2 Å². The second kappa shape index (κ2) is 7.14. The van der Waals surface area contributed by atoms with E-state index in [9.17, 15) is 4.79 Å². The molecule has 4 heteroatoms. The number of likely N-dealkylation sites (tertiary alicyclic amines) is 1. The van der Waals surface area contributed by atoms with Crippen molar-refractivity contribution in [3.8, 4) is 5.75 Å². The summed E-state index contributed by atoms with van der Waals surface area (Å²) in [6.45, 7) is 2.70. The van der Waals surface area contributed by atoms with E-state index in [4.69, 9.17) is 4.74 Å². The highest BCUT2D eigenvalue weighted by atomic mass is 16.5. The quantitative estimate of drug-likeness (QED) is 0.879. The highest BCUT2D eigenvalue weighted by Crippen LogP contribution is 2.14. The van der Waals surface area contributed by atoms with E-state index in [1.54, 1.807) is 0 Å². The smallest absolute Gasteiger partial charge is 0.260 e. The van der Waals surface area contributed by atoms with Gasteiger partial charge in [-0.3, -0.25) is 4.79 Å². The summed E-state index contributed by atoms with van der Waals surface area (Å²) < 4.78 is 5.59. The van der Waals surface area contributed by atoms with Crippen molar-refractivity contribution < 1.29 is 9.53 Å². The maximum Gasteiger partial charge on any atom is 0.260 e. The Kier molecular flexibility index (Phi) is 5.21. The zero-order valence-electron chi connectivity index (χ0n) is 11.5. The van der Waals surface area contributed by atoms with Gasteiger partial charge in [-0.25, -0.2) is 0 Å². The standard InChI is InChI=1S/C15H22N2O2/c1-16-11-13-6-5-7-14(10-13)19-12-15(18)17-8-3-2-4-9-17/h5-7,10,16H,2-4,8-9,11-12H2,1H3. The first-order valence-electron chi connectivity index (χ1n) is 6.94. The van der Waals surface area contributed by atoms with Crippen LogP contribution in [0.4, 0.5) is 0 Å². The number of benzene rings is 1. The van der Waals surface area contributed by atoms with Crippen molar-refractivity contribution in [2.75, 3.05) is 26.7 Å². The van der Waals surface area contributed by atoms with E-state index in [0.717, 1.165) is 43.8 Å². The fraction of sp³-hybridized carbons (Fsp3) is 0.533. The molecular formula is C15H22N2O2. The Balaban J connectivity index is 1.83. The van der Waals surface area contributed by atoms with E-state index in [0.29, 0.717) is 0 Å².